The maximum atomic E-state index is 5.43. The highest BCUT2D eigenvalue weighted by Crippen LogP contribution is 2.42. The number of rotatable bonds is 2. The van der Waals surface area contributed by atoms with E-state index in [-0.39, 0.29) is 13.3 Å². The third kappa shape index (κ3) is 1.53. The fourth-order valence-corrected chi connectivity index (χ4v) is 1.75. The standard InChI is InChI=1S/C11H11N3O3/c1-6-2-3-7(10-9(6)15-5-16-10)11-13-8(4-12)17-14-11/h2-3H,4-5,12H2,1H3. The van der Waals surface area contributed by atoms with E-state index < -0.39 is 0 Å². The largest absolute Gasteiger partial charge is 0.453 e. The Morgan fingerprint density at radius 3 is 2.88 bits per heavy atom. The van der Waals surface area contributed by atoms with Gasteiger partial charge in [-0.1, -0.05) is 11.2 Å². The molecule has 0 bridgehead atoms. The van der Waals surface area contributed by atoms with Crippen molar-refractivity contribution in [2.24, 2.45) is 5.73 Å². The monoisotopic (exact) mass is 233 g/mol. The molecular formula is C11H11N3O3. The Balaban J connectivity index is 2.12. The first kappa shape index (κ1) is 10.1. The van der Waals surface area contributed by atoms with Crippen LogP contribution in [0.15, 0.2) is 16.7 Å². The van der Waals surface area contributed by atoms with Crippen LogP contribution in [0, 0.1) is 6.92 Å². The summed E-state index contributed by atoms with van der Waals surface area (Å²) in [6.45, 7) is 2.39. The lowest BCUT2D eigenvalue weighted by Gasteiger charge is -2.03. The lowest BCUT2D eigenvalue weighted by Crippen LogP contribution is -1.96. The Morgan fingerprint density at radius 1 is 1.29 bits per heavy atom. The molecule has 2 aromatic rings. The van der Waals surface area contributed by atoms with Crippen molar-refractivity contribution in [2.45, 2.75) is 13.5 Å². The Hall–Kier alpha value is -2.08. The fourth-order valence-electron chi connectivity index (χ4n) is 1.75. The van der Waals surface area contributed by atoms with E-state index in [1.807, 2.05) is 19.1 Å². The highest BCUT2D eigenvalue weighted by Gasteiger charge is 2.23. The second kappa shape index (κ2) is 3.74. The second-order valence-electron chi connectivity index (χ2n) is 3.71. The molecule has 1 aliphatic rings. The number of benzene rings is 1. The van der Waals surface area contributed by atoms with Gasteiger partial charge in [-0.3, -0.25) is 0 Å². The van der Waals surface area contributed by atoms with Crippen molar-refractivity contribution in [3.05, 3.63) is 23.6 Å². The first-order valence-corrected chi connectivity index (χ1v) is 5.22. The first-order chi connectivity index (χ1) is 8.29. The van der Waals surface area contributed by atoms with Gasteiger partial charge in [0.25, 0.3) is 0 Å². The first-order valence-electron chi connectivity index (χ1n) is 5.22. The highest BCUT2D eigenvalue weighted by atomic mass is 16.7. The van der Waals surface area contributed by atoms with E-state index in [0.29, 0.717) is 17.5 Å². The summed E-state index contributed by atoms with van der Waals surface area (Å²) in [5, 5.41) is 3.86. The van der Waals surface area contributed by atoms with Crippen molar-refractivity contribution >= 4 is 0 Å². The third-order valence-corrected chi connectivity index (χ3v) is 2.60. The Morgan fingerprint density at radius 2 is 2.12 bits per heavy atom. The third-order valence-electron chi connectivity index (χ3n) is 2.60. The predicted octanol–water partition coefficient (Wildman–Crippen LogP) is 1.23. The minimum absolute atomic E-state index is 0.217. The zero-order valence-electron chi connectivity index (χ0n) is 9.27. The van der Waals surface area contributed by atoms with Gasteiger partial charge in [-0.25, -0.2) is 0 Å². The van der Waals surface area contributed by atoms with E-state index in [9.17, 15) is 0 Å². The summed E-state index contributed by atoms with van der Waals surface area (Å²) in [6, 6.07) is 3.81. The molecular weight excluding hydrogens is 222 g/mol. The molecule has 88 valence electrons. The zero-order chi connectivity index (χ0) is 11.8. The van der Waals surface area contributed by atoms with E-state index >= 15 is 0 Å². The molecule has 0 fully saturated rings. The molecule has 1 aliphatic heterocycles. The molecule has 0 aliphatic carbocycles. The molecule has 0 saturated carbocycles. The van der Waals surface area contributed by atoms with E-state index in [1.165, 1.54) is 0 Å². The van der Waals surface area contributed by atoms with Crippen molar-refractivity contribution in [3.8, 4) is 22.9 Å². The summed E-state index contributed by atoms with van der Waals surface area (Å²) >= 11 is 0. The van der Waals surface area contributed by atoms with E-state index in [4.69, 9.17) is 19.7 Å². The topological polar surface area (TPSA) is 83.4 Å². The van der Waals surface area contributed by atoms with Gasteiger partial charge in [0, 0.05) is 0 Å². The van der Waals surface area contributed by atoms with Gasteiger partial charge >= 0.3 is 0 Å². The summed E-state index contributed by atoms with van der Waals surface area (Å²) in [4.78, 5) is 4.17. The summed E-state index contributed by atoms with van der Waals surface area (Å²) in [5.74, 6) is 2.26. The van der Waals surface area contributed by atoms with Crippen LogP contribution in [-0.2, 0) is 6.54 Å². The molecule has 2 heterocycles. The maximum absolute atomic E-state index is 5.43. The summed E-state index contributed by atoms with van der Waals surface area (Å²) < 4.78 is 15.8. The second-order valence-corrected chi connectivity index (χ2v) is 3.71. The Labute approximate surface area is 97.3 Å². The molecule has 1 aromatic carbocycles. The molecule has 6 nitrogen and oxygen atoms in total. The van der Waals surface area contributed by atoms with Crippen molar-refractivity contribution < 1.29 is 14.0 Å². The molecule has 1 aromatic heterocycles. The van der Waals surface area contributed by atoms with Gasteiger partial charge in [-0.15, -0.1) is 0 Å². The highest BCUT2D eigenvalue weighted by molar-refractivity contribution is 5.70. The Bertz CT molecular complexity index is 565. The number of fused-ring (bicyclic) bond motifs is 1. The number of hydrogen-bond acceptors (Lipinski definition) is 6. The molecule has 17 heavy (non-hydrogen) atoms. The molecule has 0 saturated heterocycles. The molecule has 6 heteroatoms. The smallest absolute Gasteiger partial charge is 0.240 e. The average molecular weight is 233 g/mol. The van der Waals surface area contributed by atoms with Crippen LogP contribution in [0.4, 0.5) is 0 Å². The van der Waals surface area contributed by atoms with Crippen molar-refractivity contribution in [1.29, 1.82) is 0 Å². The number of nitrogens with zero attached hydrogens (tertiary/aromatic N) is 2. The molecule has 0 amide bonds. The van der Waals surface area contributed by atoms with Crippen LogP contribution in [-0.4, -0.2) is 16.9 Å². The van der Waals surface area contributed by atoms with Crippen LogP contribution in [0.3, 0.4) is 0 Å². The fraction of sp³-hybridized carbons (Fsp3) is 0.273. The van der Waals surface area contributed by atoms with Gasteiger partial charge in [0.05, 0.1) is 12.1 Å². The average Bonchev–Trinajstić information content (AvgIpc) is 2.98. The Kier molecular flexibility index (Phi) is 2.22. The van der Waals surface area contributed by atoms with Gasteiger partial charge in [-0.05, 0) is 18.6 Å². The molecule has 2 N–H and O–H groups in total. The van der Waals surface area contributed by atoms with Gasteiger partial charge in [0.2, 0.25) is 18.5 Å². The minimum Gasteiger partial charge on any atom is -0.453 e. The van der Waals surface area contributed by atoms with Crippen LogP contribution in [0.1, 0.15) is 11.5 Å². The van der Waals surface area contributed by atoms with Gasteiger partial charge in [-0.2, -0.15) is 4.98 Å². The van der Waals surface area contributed by atoms with Crippen LogP contribution in [0.2, 0.25) is 0 Å². The quantitative estimate of drug-likeness (QED) is 0.839. The van der Waals surface area contributed by atoms with Crippen molar-refractivity contribution in [1.82, 2.24) is 10.1 Å². The van der Waals surface area contributed by atoms with E-state index in [2.05, 4.69) is 10.1 Å². The number of ether oxygens (including phenoxy) is 2. The van der Waals surface area contributed by atoms with E-state index in [1.54, 1.807) is 0 Å². The summed E-state index contributed by atoms with van der Waals surface area (Å²) in [5.41, 5.74) is 7.20. The number of aryl methyl sites for hydroxylation is 1. The summed E-state index contributed by atoms with van der Waals surface area (Å²) in [7, 11) is 0. The number of aromatic nitrogens is 2. The SMILES string of the molecule is Cc1ccc(-c2noc(CN)n2)c2c1OCO2. The van der Waals surface area contributed by atoms with Crippen molar-refractivity contribution in [3.63, 3.8) is 0 Å². The van der Waals surface area contributed by atoms with Gasteiger partial charge in [0.15, 0.2) is 11.5 Å². The van der Waals surface area contributed by atoms with Crippen LogP contribution >= 0.6 is 0 Å². The molecule has 0 spiro atoms. The number of hydrogen-bond donors (Lipinski definition) is 1. The molecule has 0 unspecified atom stereocenters. The normalized spacial score (nSPS) is 13.1. The lowest BCUT2D eigenvalue weighted by molar-refractivity contribution is 0.173. The van der Waals surface area contributed by atoms with E-state index in [0.717, 1.165) is 16.9 Å². The maximum Gasteiger partial charge on any atom is 0.240 e. The van der Waals surface area contributed by atoms with Crippen LogP contribution in [0.25, 0.3) is 11.4 Å². The van der Waals surface area contributed by atoms with Crippen molar-refractivity contribution in [2.75, 3.05) is 6.79 Å². The van der Waals surface area contributed by atoms with Gasteiger partial charge in [0.1, 0.15) is 0 Å². The predicted molar refractivity (Wildman–Crippen MR) is 58.5 cm³/mol. The van der Waals surface area contributed by atoms with Gasteiger partial charge < -0.3 is 19.7 Å². The molecule has 0 atom stereocenters. The van der Waals surface area contributed by atoms with Crippen LogP contribution < -0.4 is 15.2 Å². The molecule has 0 radical (unpaired) electrons. The zero-order valence-corrected chi connectivity index (χ0v) is 9.27. The number of nitrogens with two attached hydrogens (primary N) is 1. The summed E-state index contributed by atoms with van der Waals surface area (Å²) in [6.07, 6.45) is 0. The lowest BCUT2D eigenvalue weighted by atomic mass is 10.1. The minimum atomic E-state index is 0.217. The molecule has 3 rings (SSSR count). The van der Waals surface area contributed by atoms with Crippen LogP contribution in [0.5, 0.6) is 11.5 Å².